The first kappa shape index (κ1) is 11.7. The minimum absolute atomic E-state index is 0.0413. The number of carbonyl (C=O) groups is 1. The van der Waals surface area contributed by atoms with Gasteiger partial charge in [-0.05, 0) is 6.07 Å². The van der Waals surface area contributed by atoms with Crippen molar-refractivity contribution in [1.29, 1.82) is 0 Å². The van der Waals surface area contributed by atoms with Gasteiger partial charge in [-0.1, -0.05) is 11.6 Å². The lowest BCUT2D eigenvalue weighted by Crippen LogP contribution is -2.55. The lowest BCUT2D eigenvalue weighted by atomic mass is 9.86. The van der Waals surface area contributed by atoms with Crippen LogP contribution in [0.25, 0.3) is 0 Å². The van der Waals surface area contributed by atoms with E-state index in [1.165, 1.54) is 12.1 Å². The molecule has 1 aromatic carbocycles. The van der Waals surface area contributed by atoms with E-state index in [9.17, 15) is 9.18 Å². The molecule has 1 aromatic rings. The molecule has 1 saturated heterocycles. The minimum atomic E-state index is -0.660. The second-order valence-corrected chi connectivity index (χ2v) is 4.99. The zero-order valence-electron chi connectivity index (χ0n) is 9.56. The van der Waals surface area contributed by atoms with E-state index in [4.69, 9.17) is 16.3 Å². The molecule has 0 atom stereocenters. The molecule has 3 rings (SSSR count). The first-order valence-electron chi connectivity index (χ1n) is 5.77. The summed E-state index contributed by atoms with van der Waals surface area (Å²) in [6, 6.07) is 2.73. The van der Waals surface area contributed by atoms with Gasteiger partial charge in [0, 0.05) is 32.1 Å². The average molecular weight is 271 g/mol. The summed E-state index contributed by atoms with van der Waals surface area (Å²) >= 11 is 5.76. The van der Waals surface area contributed by atoms with Gasteiger partial charge in [-0.25, -0.2) is 4.39 Å². The Morgan fingerprint density at radius 2 is 2.00 bits per heavy atom. The Balaban J connectivity index is 2.00. The van der Waals surface area contributed by atoms with Gasteiger partial charge in [0.25, 0.3) is 0 Å². The van der Waals surface area contributed by atoms with Gasteiger partial charge < -0.3 is 15.4 Å². The van der Waals surface area contributed by atoms with Crippen LogP contribution in [0, 0.1) is 5.82 Å². The SMILES string of the molecule is O=C1Nc2cc(F)c(Cl)cc2NC12CCOCC2. The first-order chi connectivity index (χ1) is 8.61. The van der Waals surface area contributed by atoms with Gasteiger partial charge in [0.05, 0.1) is 16.4 Å². The predicted octanol–water partition coefficient (Wildman–Crippen LogP) is 2.39. The van der Waals surface area contributed by atoms with Gasteiger partial charge in [0.15, 0.2) is 0 Å². The van der Waals surface area contributed by atoms with E-state index in [1.807, 2.05) is 0 Å². The number of fused-ring (bicyclic) bond motifs is 1. The number of carbonyl (C=O) groups excluding carboxylic acids is 1. The summed E-state index contributed by atoms with van der Waals surface area (Å²) in [6.45, 7) is 1.06. The molecule has 2 aliphatic heterocycles. The van der Waals surface area contributed by atoms with Crippen LogP contribution < -0.4 is 10.6 Å². The van der Waals surface area contributed by atoms with Crippen LogP contribution in [0.4, 0.5) is 15.8 Å². The molecule has 0 aliphatic carbocycles. The molecule has 1 spiro atoms. The summed E-state index contributed by atoms with van der Waals surface area (Å²) < 4.78 is 18.6. The number of halogens is 2. The van der Waals surface area contributed by atoms with Crippen molar-refractivity contribution in [3.05, 3.63) is 23.0 Å². The molecule has 2 N–H and O–H groups in total. The maximum atomic E-state index is 13.3. The molecule has 1 fully saturated rings. The molecular weight excluding hydrogens is 259 g/mol. The normalized spacial score (nSPS) is 21.1. The Kier molecular flexibility index (Phi) is 2.68. The first-order valence-corrected chi connectivity index (χ1v) is 6.15. The van der Waals surface area contributed by atoms with E-state index in [2.05, 4.69) is 10.6 Å². The monoisotopic (exact) mass is 270 g/mol. The summed E-state index contributed by atoms with van der Waals surface area (Å²) in [7, 11) is 0. The highest BCUT2D eigenvalue weighted by molar-refractivity contribution is 6.31. The highest BCUT2D eigenvalue weighted by Gasteiger charge is 2.43. The highest BCUT2D eigenvalue weighted by Crippen LogP contribution is 2.38. The predicted molar refractivity (Wildman–Crippen MR) is 66.4 cm³/mol. The van der Waals surface area contributed by atoms with E-state index in [0.717, 1.165) is 0 Å². The number of amides is 1. The Bertz CT molecular complexity index is 515. The number of hydrogen-bond donors (Lipinski definition) is 2. The molecule has 96 valence electrons. The number of benzene rings is 1. The number of anilines is 2. The van der Waals surface area contributed by atoms with Crippen LogP contribution in [0.15, 0.2) is 12.1 Å². The summed E-state index contributed by atoms with van der Waals surface area (Å²) in [6.07, 6.45) is 1.18. The largest absolute Gasteiger partial charge is 0.381 e. The third-order valence-electron chi connectivity index (χ3n) is 3.46. The van der Waals surface area contributed by atoms with E-state index >= 15 is 0 Å². The summed E-state index contributed by atoms with van der Waals surface area (Å²) in [4.78, 5) is 12.1. The Hall–Kier alpha value is -1.33. The fourth-order valence-electron chi connectivity index (χ4n) is 2.38. The lowest BCUT2D eigenvalue weighted by Gasteiger charge is -2.41. The van der Waals surface area contributed by atoms with Gasteiger partial charge >= 0.3 is 0 Å². The van der Waals surface area contributed by atoms with Crippen LogP contribution >= 0.6 is 11.6 Å². The molecule has 0 radical (unpaired) electrons. The van der Waals surface area contributed by atoms with Crippen LogP contribution in [0.3, 0.4) is 0 Å². The van der Waals surface area contributed by atoms with Gasteiger partial charge in [0.2, 0.25) is 5.91 Å². The summed E-state index contributed by atoms with van der Waals surface area (Å²) in [5, 5.41) is 5.96. The van der Waals surface area contributed by atoms with Crippen LogP contribution in [0.1, 0.15) is 12.8 Å². The van der Waals surface area contributed by atoms with Gasteiger partial charge in [-0.2, -0.15) is 0 Å². The number of ether oxygens (including phenoxy) is 1. The molecule has 2 aliphatic rings. The van der Waals surface area contributed by atoms with Crippen molar-refractivity contribution >= 4 is 28.9 Å². The lowest BCUT2D eigenvalue weighted by molar-refractivity contribution is -0.123. The second kappa shape index (κ2) is 4.10. The van der Waals surface area contributed by atoms with Crippen LogP contribution in [-0.2, 0) is 9.53 Å². The Labute approximate surface area is 108 Å². The Morgan fingerprint density at radius 3 is 2.72 bits per heavy atom. The third-order valence-corrected chi connectivity index (χ3v) is 3.75. The van der Waals surface area contributed by atoms with Crippen molar-refractivity contribution in [2.75, 3.05) is 23.8 Å². The van der Waals surface area contributed by atoms with Crippen LogP contribution in [0.5, 0.6) is 0 Å². The smallest absolute Gasteiger partial charge is 0.250 e. The van der Waals surface area contributed by atoms with Gasteiger partial charge in [0.1, 0.15) is 11.4 Å². The highest BCUT2D eigenvalue weighted by atomic mass is 35.5. The maximum Gasteiger partial charge on any atom is 0.250 e. The summed E-state index contributed by atoms with van der Waals surface area (Å²) in [5.41, 5.74) is 0.425. The van der Waals surface area contributed by atoms with Crippen molar-refractivity contribution in [2.24, 2.45) is 0 Å². The molecular formula is C12H12ClFN2O2. The quantitative estimate of drug-likeness (QED) is 0.761. The van der Waals surface area contributed by atoms with Gasteiger partial charge in [-0.3, -0.25) is 4.79 Å². The number of hydrogen-bond acceptors (Lipinski definition) is 3. The molecule has 0 aromatic heterocycles. The maximum absolute atomic E-state index is 13.3. The summed E-state index contributed by atoms with van der Waals surface area (Å²) in [5.74, 6) is -0.680. The second-order valence-electron chi connectivity index (χ2n) is 4.59. The third kappa shape index (κ3) is 1.74. The topological polar surface area (TPSA) is 50.4 Å². The van der Waals surface area contributed by atoms with Crippen LogP contribution in [-0.4, -0.2) is 24.7 Å². The van der Waals surface area contributed by atoms with Crippen molar-refractivity contribution in [3.63, 3.8) is 0 Å². The molecule has 0 saturated carbocycles. The van der Waals surface area contributed by atoms with E-state index in [0.29, 0.717) is 37.4 Å². The van der Waals surface area contributed by atoms with E-state index in [-0.39, 0.29) is 10.9 Å². The molecule has 6 heteroatoms. The number of rotatable bonds is 0. The number of nitrogens with one attached hydrogen (secondary N) is 2. The minimum Gasteiger partial charge on any atom is -0.381 e. The zero-order chi connectivity index (χ0) is 12.8. The Morgan fingerprint density at radius 1 is 1.28 bits per heavy atom. The average Bonchev–Trinajstić information content (AvgIpc) is 2.35. The van der Waals surface area contributed by atoms with Crippen molar-refractivity contribution in [3.8, 4) is 0 Å². The van der Waals surface area contributed by atoms with Crippen molar-refractivity contribution < 1.29 is 13.9 Å². The molecule has 4 nitrogen and oxygen atoms in total. The van der Waals surface area contributed by atoms with Crippen molar-refractivity contribution in [2.45, 2.75) is 18.4 Å². The fraction of sp³-hybridized carbons (Fsp3) is 0.417. The molecule has 18 heavy (non-hydrogen) atoms. The van der Waals surface area contributed by atoms with E-state index in [1.54, 1.807) is 0 Å². The van der Waals surface area contributed by atoms with Crippen molar-refractivity contribution in [1.82, 2.24) is 0 Å². The molecule has 0 unspecified atom stereocenters. The fourth-order valence-corrected chi connectivity index (χ4v) is 2.55. The molecule has 0 bridgehead atoms. The molecule has 2 heterocycles. The standard InChI is InChI=1S/C12H12ClFN2O2/c13-7-5-10-9(6-8(7)14)15-11(17)12(16-10)1-3-18-4-2-12/h5-6,16H,1-4H2,(H,15,17). The molecule has 1 amide bonds. The zero-order valence-corrected chi connectivity index (χ0v) is 10.3. The van der Waals surface area contributed by atoms with Gasteiger partial charge in [-0.15, -0.1) is 0 Å². The van der Waals surface area contributed by atoms with Crippen LogP contribution in [0.2, 0.25) is 5.02 Å². The van der Waals surface area contributed by atoms with E-state index < -0.39 is 11.4 Å².